The van der Waals surface area contributed by atoms with Crippen LogP contribution in [0.15, 0.2) is 18.2 Å². The smallest absolute Gasteiger partial charge is 0.0643 e. The molecular formula is C16H23ClN2. The lowest BCUT2D eigenvalue weighted by atomic mass is 9.91. The molecule has 0 bridgehead atoms. The molecule has 1 N–H and O–H groups in total. The van der Waals surface area contributed by atoms with Crippen LogP contribution in [0.3, 0.4) is 0 Å². The van der Waals surface area contributed by atoms with Gasteiger partial charge in [-0.1, -0.05) is 30.2 Å². The summed E-state index contributed by atoms with van der Waals surface area (Å²) in [6.07, 6.45) is 6.86. The Hall–Kier alpha value is -0.730. The number of hydrogen-bond donors (Lipinski definition) is 1. The lowest BCUT2D eigenvalue weighted by Crippen LogP contribution is -2.43. The Morgan fingerprint density at radius 3 is 2.95 bits per heavy atom. The van der Waals surface area contributed by atoms with Crippen LogP contribution >= 0.6 is 11.6 Å². The standard InChI is InChI=1S/C16H23ClN2/c1-18-11-13-6-2-8-14(17)16(13)19-10-4-7-12-5-3-9-15(12)19/h2,6,8,12,15,18H,3-5,7,9-11H2,1H3. The molecule has 104 valence electrons. The third kappa shape index (κ3) is 2.48. The summed E-state index contributed by atoms with van der Waals surface area (Å²) in [5, 5.41) is 4.18. The van der Waals surface area contributed by atoms with Gasteiger partial charge >= 0.3 is 0 Å². The first kappa shape index (κ1) is 13.3. The van der Waals surface area contributed by atoms with Crippen LogP contribution in [0.5, 0.6) is 0 Å². The van der Waals surface area contributed by atoms with Gasteiger partial charge < -0.3 is 10.2 Å². The Balaban J connectivity index is 1.95. The minimum absolute atomic E-state index is 0.726. The van der Waals surface area contributed by atoms with Gasteiger partial charge in [0.05, 0.1) is 10.7 Å². The van der Waals surface area contributed by atoms with Crippen molar-refractivity contribution in [2.24, 2.45) is 5.92 Å². The van der Waals surface area contributed by atoms with Crippen molar-refractivity contribution in [2.45, 2.75) is 44.7 Å². The molecule has 0 aromatic heterocycles. The normalized spacial score (nSPS) is 26.5. The molecular weight excluding hydrogens is 256 g/mol. The topological polar surface area (TPSA) is 15.3 Å². The van der Waals surface area contributed by atoms with Crippen LogP contribution in [0, 0.1) is 5.92 Å². The molecule has 2 aliphatic rings. The number of fused-ring (bicyclic) bond motifs is 1. The zero-order valence-corrected chi connectivity index (χ0v) is 12.4. The number of hydrogen-bond acceptors (Lipinski definition) is 2. The number of rotatable bonds is 3. The maximum Gasteiger partial charge on any atom is 0.0643 e. The molecule has 3 rings (SSSR count). The second-order valence-corrected chi connectivity index (χ2v) is 6.28. The minimum atomic E-state index is 0.726. The first-order valence-electron chi connectivity index (χ1n) is 7.50. The zero-order chi connectivity index (χ0) is 13.2. The highest BCUT2D eigenvalue weighted by Gasteiger charge is 2.36. The molecule has 1 saturated heterocycles. The summed E-state index contributed by atoms with van der Waals surface area (Å²) in [6.45, 7) is 2.06. The van der Waals surface area contributed by atoms with Gasteiger partial charge in [0, 0.05) is 19.1 Å². The molecule has 2 nitrogen and oxygen atoms in total. The highest BCUT2D eigenvalue weighted by molar-refractivity contribution is 6.33. The van der Waals surface area contributed by atoms with E-state index in [0.717, 1.165) is 23.5 Å². The van der Waals surface area contributed by atoms with E-state index in [4.69, 9.17) is 11.6 Å². The van der Waals surface area contributed by atoms with E-state index < -0.39 is 0 Å². The van der Waals surface area contributed by atoms with Gasteiger partial charge in [-0.3, -0.25) is 0 Å². The van der Waals surface area contributed by atoms with Crippen molar-refractivity contribution < 1.29 is 0 Å². The average Bonchev–Trinajstić information content (AvgIpc) is 2.88. The SMILES string of the molecule is CNCc1cccc(Cl)c1N1CCCC2CCCC21. The zero-order valence-electron chi connectivity index (χ0n) is 11.7. The Morgan fingerprint density at radius 1 is 1.26 bits per heavy atom. The van der Waals surface area contributed by atoms with Crippen molar-refractivity contribution in [1.82, 2.24) is 5.32 Å². The monoisotopic (exact) mass is 278 g/mol. The fourth-order valence-corrected chi connectivity index (χ4v) is 4.25. The van der Waals surface area contributed by atoms with Gasteiger partial charge in [-0.05, 0) is 50.3 Å². The third-order valence-electron chi connectivity index (χ3n) is 4.72. The number of benzene rings is 1. The summed E-state index contributed by atoms with van der Waals surface area (Å²) in [5.74, 6) is 0.896. The summed E-state index contributed by atoms with van der Waals surface area (Å²) >= 11 is 6.52. The van der Waals surface area contributed by atoms with Crippen LogP contribution in [0.25, 0.3) is 0 Å². The van der Waals surface area contributed by atoms with Gasteiger partial charge in [-0.2, -0.15) is 0 Å². The predicted octanol–water partition coefficient (Wildman–Crippen LogP) is 3.83. The van der Waals surface area contributed by atoms with Gasteiger partial charge in [0.2, 0.25) is 0 Å². The van der Waals surface area contributed by atoms with E-state index in [-0.39, 0.29) is 0 Å². The highest BCUT2D eigenvalue weighted by atomic mass is 35.5. The largest absolute Gasteiger partial charge is 0.367 e. The van der Waals surface area contributed by atoms with Crippen molar-refractivity contribution in [3.05, 3.63) is 28.8 Å². The Labute approximate surface area is 121 Å². The molecule has 2 atom stereocenters. The van der Waals surface area contributed by atoms with Gasteiger partial charge in [0.15, 0.2) is 0 Å². The lowest BCUT2D eigenvalue weighted by Gasteiger charge is -2.41. The van der Waals surface area contributed by atoms with E-state index in [1.165, 1.54) is 49.9 Å². The van der Waals surface area contributed by atoms with Gasteiger partial charge in [0.1, 0.15) is 0 Å². The van der Waals surface area contributed by atoms with E-state index in [9.17, 15) is 0 Å². The van der Waals surface area contributed by atoms with Gasteiger partial charge in [0.25, 0.3) is 0 Å². The van der Waals surface area contributed by atoms with Crippen molar-refractivity contribution in [3.63, 3.8) is 0 Å². The van der Waals surface area contributed by atoms with Crippen molar-refractivity contribution in [3.8, 4) is 0 Å². The van der Waals surface area contributed by atoms with Crippen LogP contribution in [-0.4, -0.2) is 19.6 Å². The summed E-state index contributed by atoms with van der Waals surface area (Å²) in [6, 6.07) is 7.03. The van der Waals surface area contributed by atoms with E-state index in [1.807, 2.05) is 13.1 Å². The number of para-hydroxylation sites is 1. The highest BCUT2D eigenvalue weighted by Crippen LogP contribution is 2.42. The number of piperidine rings is 1. The molecule has 2 fully saturated rings. The predicted molar refractivity (Wildman–Crippen MR) is 81.9 cm³/mol. The first-order chi connectivity index (χ1) is 9.31. The Morgan fingerprint density at radius 2 is 2.11 bits per heavy atom. The molecule has 1 aliphatic heterocycles. The molecule has 0 amide bonds. The fraction of sp³-hybridized carbons (Fsp3) is 0.625. The van der Waals surface area contributed by atoms with Crippen molar-refractivity contribution in [1.29, 1.82) is 0 Å². The Bertz CT molecular complexity index is 446. The lowest BCUT2D eigenvalue weighted by molar-refractivity contribution is 0.362. The second-order valence-electron chi connectivity index (χ2n) is 5.87. The maximum atomic E-state index is 6.52. The number of halogens is 1. The number of nitrogens with one attached hydrogen (secondary N) is 1. The Kier molecular flexibility index (Phi) is 3.99. The summed E-state index contributed by atoms with van der Waals surface area (Å²) < 4.78 is 0. The molecule has 3 heteroatoms. The van der Waals surface area contributed by atoms with Crippen molar-refractivity contribution in [2.75, 3.05) is 18.5 Å². The third-order valence-corrected chi connectivity index (χ3v) is 5.02. The van der Waals surface area contributed by atoms with E-state index in [0.29, 0.717) is 0 Å². The van der Waals surface area contributed by atoms with Crippen LogP contribution in [-0.2, 0) is 6.54 Å². The minimum Gasteiger partial charge on any atom is -0.367 e. The average molecular weight is 279 g/mol. The molecule has 1 aliphatic carbocycles. The molecule has 2 unspecified atom stereocenters. The van der Waals surface area contributed by atoms with Crippen molar-refractivity contribution >= 4 is 17.3 Å². The van der Waals surface area contributed by atoms with Crippen LogP contribution in [0.4, 0.5) is 5.69 Å². The van der Waals surface area contributed by atoms with Crippen LogP contribution in [0.2, 0.25) is 5.02 Å². The summed E-state index contributed by atoms with van der Waals surface area (Å²) in [5.41, 5.74) is 2.62. The van der Waals surface area contributed by atoms with E-state index in [1.54, 1.807) is 0 Å². The van der Waals surface area contributed by atoms with Gasteiger partial charge in [-0.25, -0.2) is 0 Å². The molecule has 1 aromatic rings. The molecule has 19 heavy (non-hydrogen) atoms. The molecule has 0 spiro atoms. The van der Waals surface area contributed by atoms with Crippen LogP contribution in [0.1, 0.15) is 37.7 Å². The molecule has 0 radical (unpaired) electrons. The maximum absolute atomic E-state index is 6.52. The van der Waals surface area contributed by atoms with E-state index >= 15 is 0 Å². The number of anilines is 1. The fourth-order valence-electron chi connectivity index (χ4n) is 3.95. The van der Waals surface area contributed by atoms with Crippen LogP contribution < -0.4 is 10.2 Å². The first-order valence-corrected chi connectivity index (χ1v) is 7.87. The summed E-state index contributed by atoms with van der Waals surface area (Å²) in [7, 11) is 2.00. The number of nitrogens with zero attached hydrogens (tertiary/aromatic N) is 1. The molecule has 1 aromatic carbocycles. The summed E-state index contributed by atoms with van der Waals surface area (Å²) in [4.78, 5) is 2.61. The van der Waals surface area contributed by atoms with Gasteiger partial charge in [-0.15, -0.1) is 0 Å². The molecule has 1 heterocycles. The quantitative estimate of drug-likeness (QED) is 0.904. The van der Waals surface area contributed by atoms with E-state index in [2.05, 4.69) is 22.3 Å². The second kappa shape index (κ2) is 5.72. The molecule has 1 saturated carbocycles.